The number of fused-ring (bicyclic) bond motifs is 1. The Morgan fingerprint density at radius 3 is 2.59 bits per heavy atom. The molecule has 39 heavy (non-hydrogen) atoms. The zero-order valence-electron chi connectivity index (χ0n) is 23.4. The summed E-state index contributed by atoms with van der Waals surface area (Å²) in [6.07, 6.45) is 8.59. The summed E-state index contributed by atoms with van der Waals surface area (Å²) in [5.41, 5.74) is 1.93. The van der Waals surface area contributed by atoms with Crippen LogP contribution in [0.5, 0.6) is 0 Å². The van der Waals surface area contributed by atoms with Gasteiger partial charge in [0.2, 0.25) is 0 Å². The van der Waals surface area contributed by atoms with Gasteiger partial charge in [0.1, 0.15) is 11.4 Å². The number of hydrogen-bond donors (Lipinski definition) is 3. The van der Waals surface area contributed by atoms with Gasteiger partial charge in [-0.2, -0.15) is 0 Å². The highest BCUT2D eigenvalue weighted by molar-refractivity contribution is 6.00. The second-order valence-corrected chi connectivity index (χ2v) is 11.9. The molecule has 1 saturated heterocycles. The Morgan fingerprint density at radius 1 is 1.10 bits per heavy atom. The number of piperidine rings is 1. The highest BCUT2D eigenvalue weighted by Crippen LogP contribution is 2.29. The number of carbonyl (C=O) groups is 3. The number of alkyl carbamates (subject to hydrolysis) is 1. The SMILES string of the molecule is CC(C)(C)OC(=O)NCCCCCC1CCn2cc(-c3ccc(C(=O)C4CNCCC4C(=O)O)cc3)nc2C1. The van der Waals surface area contributed by atoms with Crippen LogP contribution in [0.15, 0.2) is 30.5 Å². The summed E-state index contributed by atoms with van der Waals surface area (Å²) >= 11 is 0. The van der Waals surface area contributed by atoms with Crippen molar-refractivity contribution in [1.29, 1.82) is 0 Å². The van der Waals surface area contributed by atoms with Crippen molar-refractivity contribution < 1.29 is 24.2 Å². The maximum absolute atomic E-state index is 13.0. The fourth-order valence-corrected chi connectivity index (χ4v) is 5.57. The van der Waals surface area contributed by atoms with E-state index in [1.807, 2.05) is 32.9 Å². The van der Waals surface area contributed by atoms with Crippen molar-refractivity contribution in [1.82, 2.24) is 20.2 Å². The monoisotopic (exact) mass is 538 g/mol. The molecule has 2 aliphatic rings. The number of Topliss-reactive ketones (excluding diaryl/α,β-unsaturated/α-hetero) is 1. The molecule has 1 aromatic heterocycles. The summed E-state index contributed by atoms with van der Waals surface area (Å²) < 4.78 is 7.50. The van der Waals surface area contributed by atoms with E-state index in [0.717, 1.165) is 62.2 Å². The molecule has 0 aliphatic carbocycles. The van der Waals surface area contributed by atoms with Crippen molar-refractivity contribution in [2.45, 2.75) is 77.9 Å². The van der Waals surface area contributed by atoms with Crippen LogP contribution in [-0.2, 0) is 22.5 Å². The number of aromatic nitrogens is 2. The van der Waals surface area contributed by atoms with Crippen LogP contribution in [0.25, 0.3) is 11.3 Å². The number of rotatable bonds is 10. The first-order chi connectivity index (χ1) is 18.6. The molecule has 9 heteroatoms. The van der Waals surface area contributed by atoms with Crippen molar-refractivity contribution >= 4 is 17.8 Å². The first-order valence-corrected chi connectivity index (χ1v) is 14.2. The van der Waals surface area contributed by atoms with Gasteiger partial charge < -0.3 is 25.0 Å². The molecule has 3 heterocycles. The van der Waals surface area contributed by atoms with Gasteiger partial charge in [-0.05, 0) is 58.9 Å². The first kappa shape index (κ1) is 28.8. The normalized spacial score (nSPS) is 21.2. The second kappa shape index (κ2) is 12.8. The number of carboxylic acid groups (broad SMARTS) is 1. The van der Waals surface area contributed by atoms with Gasteiger partial charge in [-0.3, -0.25) is 9.59 Å². The third kappa shape index (κ3) is 7.91. The number of hydrogen-bond acceptors (Lipinski definition) is 6. The minimum absolute atomic E-state index is 0.117. The molecule has 0 spiro atoms. The number of aliphatic carboxylic acids is 1. The number of aryl methyl sites for hydroxylation is 1. The topological polar surface area (TPSA) is 123 Å². The number of benzene rings is 1. The van der Waals surface area contributed by atoms with Crippen LogP contribution in [0.4, 0.5) is 4.79 Å². The van der Waals surface area contributed by atoms with Crippen molar-refractivity contribution in [2.75, 3.05) is 19.6 Å². The molecular formula is C30H42N4O5. The lowest BCUT2D eigenvalue weighted by Crippen LogP contribution is -2.44. The van der Waals surface area contributed by atoms with Gasteiger partial charge in [0.05, 0.1) is 11.6 Å². The van der Waals surface area contributed by atoms with Crippen LogP contribution in [0.3, 0.4) is 0 Å². The van der Waals surface area contributed by atoms with Crippen molar-refractivity contribution in [2.24, 2.45) is 17.8 Å². The van der Waals surface area contributed by atoms with Crippen molar-refractivity contribution in [3.63, 3.8) is 0 Å². The van der Waals surface area contributed by atoms with E-state index in [4.69, 9.17) is 9.72 Å². The Morgan fingerprint density at radius 2 is 1.87 bits per heavy atom. The maximum atomic E-state index is 13.0. The number of carboxylic acids is 1. The van der Waals surface area contributed by atoms with Crippen LogP contribution in [0.2, 0.25) is 0 Å². The van der Waals surface area contributed by atoms with Gasteiger partial charge in [0, 0.05) is 49.3 Å². The number of nitrogens with zero attached hydrogens (tertiary/aromatic N) is 2. The third-order valence-corrected chi connectivity index (χ3v) is 7.67. The summed E-state index contributed by atoms with van der Waals surface area (Å²) in [7, 11) is 0. The zero-order valence-corrected chi connectivity index (χ0v) is 23.4. The van der Waals surface area contributed by atoms with Crippen LogP contribution >= 0.6 is 0 Å². The van der Waals surface area contributed by atoms with Crippen LogP contribution in [-0.4, -0.2) is 57.7 Å². The zero-order chi connectivity index (χ0) is 28.0. The lowest BCUT2D eigenvalue weighted by Gasteiger charge is -2.28. The minimum atomic E-state index is -0.899. The first-order valence-electron chi connectivity index (χ1n) is 14.2. The van der Waals surface area contributed by atoms with E-state index in [1.165, 1.54) is 0 Å². The molecule has 212 valence electrons. The highest BCUT2D eigenvalue weighted by atomic mass is 16.6. The minimum Gasteiger partial charge on any atom is -0.481 e. The molecule has 1 aromatic carbocycles. The Kier molecular flexibility index (Phi) is 9.43. The number of unbranched alkanes of at least 4 members (excludes halogenated alkanes) is 2. The lowest BCUT2D eigenvalue weighted by molar-refractivity contribution is -0.143. The average Bonchev–Trinajstić information content (AvgIpc) is 3.33. The predicted molar refractivity (Wildman–Crippen MR) is 149 cm³/mol. The van der Waals surface area contributed by atoms with Crippen molar-refractivity contribution in [3.05, 3.63) is 41.9 Å². The fourth-order valence-electron chi connectivity index (χ4n) is 5.57. The van der Waals surface area contributed by atoms with Crippen LogP contribution in [0.1, 0.15) is 75.5 Å². The van der Waals surface area contributed by atoms with E-state index in [0.29, 0.717) is 37.5 Å². The molecule has 2 aromatic rings. The van der Waals surface area contributed by atoms with E-state index >= 15 is 0 Å². The number of imidazole rings is 1. The largest absolute Gasteiger partial charge is 0.481 e. The van der Waals surface area contributed by atoms with Gasteiger partial charge in [0.15, 0.2) is 5.78 Å². The van der Waals surface area contributed by atoms with Gasteiger partial charge in [0.25, 0.3) is 0 Å². The standard InChI is InChI=1S/C30H42N4O5/c1-30(2,3)39-29(38)32-14-6-4-5-7-20-13-16-34-19-25(33-26(34)17-20)21-8-10-22(11-9-21)27(35)24-18-31-15-12-23(24)28(36)37/h8-11,19-20,23-24,31H,4-7,12-18H2,1-3H3,(H,32,38)(H,36,37). The smallest absolute Gasteiger partial charge is 0.407 e. The van der Waals surface area contributed by atoms with Crippen LogP contribution in [0, 0.1) is 17.8 Å². The molecule has 0 saturated carbocycles. The summed E-state index contributed by atoms with van der Waals surface area (Å²) in [4.78, 5) is 41.3. The molecule has 0 bridgehead atoms. The molecule has 2 aliphatic heterocycles. The van der Waals surface area contributed by atoms with Gasteiger partial charge in [-0.15, -0.1) is 0 Å². The highest BCUT2D eigenvalue weighted by Gasteiger charge is 2.36. The molecule has 3 unspecified atom stereocenters. The number of ether oxygens (including phenoxy) is 1. The molecule has 3 N–H and O–H groups in total. The summed E-state index contributed by atoms with van der Waals surface area (Å²) in [6.45, 7) is 8.19. The average molecular weight is 539 g/mol. The van der Waals surface area contributed by atoms with Crippen LogP contribution < -0.4 is 10.6 Å². The molecule has 3 atom stereocenters. The molecule has 1 amide bonds. The number of nitrogens with one attached hydrogen (secondary N) is 2. The lowest BCUT2D eigenvalue weighted by atomic mass is 9.81. The number of carbonyl (C=O) groups excluding carboxylic acids is 2. The molecular weight excluding hydrogens is 496 g/mol. The number of amides is 1. The van der Waals surface area contributed by atoms with Crippen molar-refractivity contribution in [3.8, 4) is 11.3 Å². The predicted octanol–water partition coefficient (Wildman–Crippen LogP) is 4.69. The quantitative estimate of drug-likeness (QED) is 0.296. The fraction of sp³-hybridized carbons (Fsp3) is 0.600. The van der Waals surface area contributed by atoms with Gasteiger partial charge >= 0.3 is 12.1 Å². The van der Waals surface area contributed by atoms with E-state index in [1.54, 1.807) is 12.1 Å². The van der Waals surface area contributed by atoms with Gasteiger partial charge in [-0.25, -0.2) is 9.78 Å². The molecule has 0 radical (unpaired) electrons. The Hall–Kier alpha value is -3.20. The Balaban J connectivity index is 1.25. The number of ketones is 1. The van der Waals surface area contributed by atoms with Gasteiger partial charge in [-0.1, -0.05) is 37.1 Å². The van der Waals surface area contributed by atoms with E-state index in [9.17, 15) is 19.5 Å². The van der Waals surface area contributed by atoms with E-state index in [2.05, 4.69) is 21.4 Å². The maximum Gasteiger partial charge on any atom is 0.407 e. The molecule has 4 rings (SSSR count). The van der Waals surface area contributed by atoms with E-state index < -0.39 is 23.4 Å². The second-order valence-electron chi connectivity index (χ2n) is 11.9. The summed E-state index contributed by atoms with van der Waals surface area (Å²) in [6, 6.07) is 7.42. The summed E-state index contributed by atoms with van der Waals surface area (Å²) in [5, 5.41) is 15.5. The summed E-state index contributed by atoms with van der Waals surface area (Å²) in [5.74, 6) is -0.485. The Labute approximate surface area is 230 Å². The Bertz CT molecular complexity index is 1150. The third-order valence-electron chi connectivity index (χ3n) is 7.67. The van der Waals surface area contributed by atoms with E-state index in [-0.39, 0.29) is 11.9 Å². The molecule has 1 fully saturated rings. The molecule has 9 nitrogen and oxygen atoms in total.